The topological polar surface area (TPSA) is 147 Å². The predicted molar refractivity (Wildman–Crippen MR) is 131 cm³/mol. The average Bonchev–Trinajstić information content (AvgIpc) is 3.55. The van der Waals surface area contributed by atoms with Crippen molar-refractivity contribution >= 4 is 22.5 Å². The minimum absolute atomic E-state index is 0.0200. The lowest BCUT2D eigenvalue weighted by atomic mass is 9.99. The quantitative estimate of drug-likeness (QED) is 0.475. The van der Waals surface area contributed by atoms with E-state index in [0.29, 0.717) is 24.3 Å². The molecular weight excluding hydrogens is 457 g/mol. The number of hydrogen-bond donors (Lipinski definition) is 3. The summed E-state index contributed by atoms with van der Waals surface area (Å²) in [5.41, 5.74) is -0.865. The Balaban J connectivity index is 0.00000108. The van der Waals surface area contributed by atoms with Gasteiger partial charge in [-0.2, -0.15) is 9.94 Å². The normalized spacial score (nSPS) is 17.9. The molecule has 35 heavy (non-hydrogen) atoms. The lowest BCUT2D eigenvalue weighted by molar-refractivity contribution is -0.119. The van der Waals surface area contributed by atoms with Gasteiger partial charge in [-0.15, -0.1) is 0 Å². The first-order valence-corrected chi connectivity index (χ1v) is 11.5. The van der Waals surface area contributed by atoms with E-state index >= 15 is 4.39 Å². The number of nitrogens with one attached hydrogen (secondary N) is 2. The van der Waals surface area contributed by atoms with Crippen LogP contribution in [0, 0.1) is 23.1 Å². The van der Waals surface area contributed by atoms with Crippen LogP contribution >= 0.6 is 0 Å². The van der Waals surface area contributed by atoms with Gasteiger partial charge in [0.05, 0.1) is 18.6 Å². The van der Waals surface area contributed by atoms with Crippen LogP contribution in [0.25, 0.3) is 10.9 Å². The highest BCUT2D eigenvalue weighted by Crippen LogP contribution is 2.43. The number of likely N-dealkylation sites (N-methyl/N-ethyl adjacent to an activating group) is 1. The molecule has 1 amide bonds. The van der Waals surface area contributed by atoms with Crippen LogP contribution in [0.1, 0.15) is 39.2 Å². The highest BCUT2D eigenvalue weighted by molar-refractivity contribution is 5.91. The molecule has 2 atom stereocenters. The van der Waals surface area contributed by atoms with E-state index in [1.54, 1.807) is 6.07 Å². The van der Waals surface area contributed by atoms with Crippen LogP contribution in [-0.2, 0) is 4.79 Å². The number of halogens is 1. The first-order valence-electron chi connectivity index (χ1n) is 11.5. The number of carbonyl (C=O) groups is 1. The smallest absolute Gasteiger partial charge is 0.350 e. The molecule has 1 aromatic carbocycles. The zero-order valence-electron chi connectivity index (χ0n) is 20.4. The summed E-state index contributed by atoms with van der Waals surface area (Å²) in [5.74, 6) is 5.32. The molecule has 4 N–H and O–H groups in total. The van der Waals surface area contributed by atoms with Gasteiger partial charge in [-0.25, -0.2) is 9.18 Å². The fourth-order valence-electron chi connectivity index (χ4n) is 4.67. The Labute approximate surface area is 202 Å². The molecule has 2 heterocycles. The van der Waals surface area contributed by atoms with Gasteiger partial charge in [0.1, 0.15) is 11.2 Å². The second-order valence-corrected chi connectivity index (χ2v) is 8.75. The van der Waals surface area contributed by atoms with Crippen molar-refractivity contribution in [3.63, 3.8) is 0 Å². The summed E-state index contributed by atoms with van der Waals surface area (Å²) in [6.07, 6.45) is 2.34. The number of nitrogen functional groups attached to an aromatic ring is 1. The molecule has 0 spiro atoms. The molecule has 190 valence electrons. The second kappa shape index (κ2) is 10.8. The van der Waals surface area contributed by atoms with E-state index < -0.39 is 17.1 Å². The zero-order chi connectivity index (χ0) is 25.9. The second-order valence-electron chi connectivity index (χ2n) is 8.75. The molecule has 2 unspecified atom stereocenters. The number of amides is 1. The minimum atomic E-state index is -0.754. The van der Waals surface area contributed by atoms with Gasteiger partial charge in [-0.3, -0.25) is 14.2 Å². The van der Waals surface area contributed by atoms with Gasteiger partial charge >= 0.3 is 5.69 Å². The van der Waals surface area contributed by atoms with Gasteiger partial charge in [-0.05, 0) is 38.3 Å². The lowest BCUT2D eigenvalue weighted by Crippen LogP contribution is -2.45. The predicted octanol–water partition coefficient (Wildman–Crippen LogP) is 0.440. The molecule has 4 rings (SSSR count). The van der Waals surface area contributed by atoms with Gasteiger partial charge in [0, 0.05) is 45.6 Å². The molecular formula is C23H32FN7O4. The Morgan fingerprint density at radius 2 is 2.03 bits per heavy atom. The van der Waals surface area contributed by atoms with Crippen LogP contribution in [-0.4, -0.2) is 55.0 Å². The van der Waals surface area contributed by atoms with Gasteiger partial charge in [0.2, 0.25) is 5.91 Å². The molecule has 1 aliphatic heterocycles. The number of nitrogens with zero attached hydrogens (tertiary/aromatic N) is 4. The Bertz CT molecular complexity index is 1260. The van der Waals surface area contributed by atoms with Gasteiger partial charge in [-0.1, -0.05) is 0 Å². The third kappa shape index (κ3) is 5.09. The van der Waals surface area contributed by atoms with Crippen molar-refractivity contribution in [2.24, 2.45) is 5.92 Å². The van der Waals surface area contributed by atoms with Crippen LogP contribution in [0.4, 0.5) is 10.1 Å². The lowest BCUT2D eigenvalue weighted by Gasteiger charge is -2.26. The summed E-state index contributed by atoms with van der Waals surface area (Å²) in [7, 11) is 3.24. The fraction of sp³-hybridized carbons (Fsp3) is 0.565. The summed E-state index contributed by atoms with van der Waals surface area (Å²) in [4.78, 5) is 38.6. The number of nitriles is 1. The first-order chi connectivity index (χ1) is 16.7. The molecule has 0 bridgehead atoms. The summed E-state index contributed by atoms with van der Waals surface area (Å²) < 4.78 is 23.0. The maximum atomic E-state index is 15.4. The SMILES string of the molecule is CC#N.CNC(CNC(C)=O)C1CCN(c2c(F)cc3c(=O)n(N)c(=O)n(C4CC4)c3c2OC)C1. The Kier molecular flexibility index (Phi) is 8.01. The molecule has 1 saturated carbocycles. The van der Waals surface area contributed by atoms with Crippen LogP contribution in [0.5, 0.6) is 5.75 Å². The van der Waals surface area contributed by atoms with E-state index in [1.807, 2.05) is 11.9 Å². The van der Waals surface area contributed by atoms with E-state index in [1.165, 1.54) is 25.5 Å². The summed E-state index contributed by atoms with van der Waals surface area (Å²) >= 11 is 0. The molecule has 2 aliphatic rings. The van der Waals surface area contributed by atoms with Crippen molar-refractivity contribution in [1.82, 2.24) is 19.9 Å². The van der Waals surface area contributed by atoms with Crippen molar-refractivity contribution in [3.05, 3.63) is 32.7 Å². The number of anilines is 1. The van der Waals surface area contributed by atoms with Crippen molar-refractivity contribution in [3.8, 4) is 11.8 Å². The maximum Gasteiger partial charge on any atom is 0.350 e. The standard InChI is InChI=1S/C21H29FN6O4.C2H3N/c1-11(29)25-9-16(24-2)12-6-7-26(10-12)18-15(22)8-14-17(19(18)32-3)27(13-4-5-13)21(31)28(23)20(14)30;1-2-3/h8,12-13,16,24H,4-7,9-10,23H2,1-3H3,(H,25,29);1H3. The van der Waals surface area contributed by atoms with Crippen molar-refractivity contribution < 1.29 is 13.9 Å². The third-order valence-corrected chi connectivity index (χ3v) is 6.45. The van der Waals surface area contributed by atoms with Gasteiger partial charge in [0.15, 0.2) is 11.6 Å². The molecule has 2 fully saturated rings. The van der Waals surface area contributed by atoms with E-state index in [4.69, 9.17) is 15.8 Å². The number of benzene rings is 1. The van der Waals surface area contributed by atoms with E-state index in [0.717, 1.165) is 25.3 Å². The number of hydrogen-bond acceptors (Lipinski definition) is 8. The van der Waals surface area contributed by atoms with Crippen molar-refractivity contribution in [2.45, 2.75) is 45.2 Å². The van der Waals surface area contributed by atoms with Gasteiger partial charge < -0.3 is 26.1 Å². The van der Waals surface area contributed by atoms with Crippen molar-refractivity contribution in [1.29, 1.82) is 5.26 Å². The third-order valence-electron chi connectivity index (χ3n) is 6.45. The summed E-state index contributed by atoms with van der Waals surface area (Å²) in [6, 6.07) is 2.83. The summed E-state index contributed by atoms with van der Waals surface area (Å²) in [6.45, 7) is 4.48. The molecule has 0 radical (unpaired) electrons. The number of aromatic nitrogens is 2. The average molecular weight is 490 g/mol. The van der Waals surface area contributed by atoms with E-state index in [2.05, 4.69) is 10.6 Å². The van der Waals surface area contributed by atoms with E-state index in [-0.39, 0.29) is 46.2 Å². The molecule has 1 aromatic heterocycles. The largest absolute Gasteiger partial charge is 0.492 e. The molecule has 1 aliphatic carbocycles. The van der Waals surface area contributed by atoms with Gasteiger partial charge in [0.25, 0.3) is 5.56 Å². The van der Waals surface area contributed by atoms with Crippen LogP contribution in [0.2, 0.25) is 0 Å². The number of methoxy groups -OCH3 is 1. The zero-order valence-corrected chi connectivity index (χ0v) is 20.4. The molecule has 2 aromatic rings. The molecule has 1 saturated heterocycles. The fourth-order valence-corrected chi connectivity index (χ4v) is 4.67. The Morgan fingerprint density at radius 1 is 1.37 bits per heavy atom. The Morgan fingerprint density at radius 3 is 2.57 bits per heavy atom. The van der Waals surface area contributed by atoms with E-state index in [9.17, 15) is 14.4 Å². The highest BCUT2D eigenvalue weighted by Gasteiger charge is 2.35. The number of fused-ring (bicyclic) bond motifs is 1. The molecule has 12 heteroatoms. The van der Waals surface area contributed by atoms with Crippen LogP contribution in [0.15, 0.2) is 15.7 Å². The summed E-state index contributed by atoms with van der Waals surface area (Å²) in [5, 5.41) is 13.4. The van der Waals surface area contributed by atoms with Crippen LogP contribution < -0.4 is 37.4 Å². The Hall–Kier alpha value is -3.59. The molecule has 11 nitrogen and oxygen atoms in total. The monoisotopic (exact) mass is 489 g/mol. The number of rotatable bonds is 7. The number of carbonyl (C=O) groups excluding carboxylic acids is 1. The van der Waals surface area contributed by atoms with Crippen LogP contribution in [0.3, 0.4) is 0 Å². The number of nitrogens with two attached hydrogens (primary N) is 1. The minimum Gasteiger partial charge on any atom is -0.492 e. The first kappa shape index (κ1) is 26.0. The van der Waals surface area contributed by atoms with Crippen molar-refractivity contribution in [2.75, 3.05) is 44.5 Å². The highest BCUT2D eigenvalue weighted by atomic mass is 19.1. The maximum absolute atomic E-state index is 15.4. The number of ether oxygens (including phenoxy) is 1.